The molecule has 0 saturated heterocycles. The van der Waals surface area contributed by atoms with Gasteiger partial charge in [-0.15, -0.1) is 0 Å². The summed E-state index contributed by atoms with van der Waals surface area (Å²) in [5.41, 5.74) is 7.42. The van der Waals surface area contributed by atoms with Gasteiger partial charge in [-0.1, -0.05) is 73.5 Å². The standard InChI is InChI=1S/C19H20/c1-2-3-9-17-14-16-12-7-8-13-18(16)19(17)15-10-5-4-6-11-15/h4-8,10-13H,2-3,9,14H2,1H3. The summed E-state index contributed by atoms with van der Waals surface area (Å²) in [5.74, 6) is 0. The van der Waals surface area contributed by atoms with E-state index in [9.17, 15) is 0 Å². The number of rotatable bonds is 4. The lowest BCUT2D eigenvalue weighted by atomic mass is 9.96. The molecule has 0 nitrogen and oxygen atoms in total. The minimum atomic E-state index is 1.14. The fraction of sp³-hybridized carbons (Fsp3) is 0.263. The highest BCUT2D eigenvalue weighted by Crippen LogP contribution is 2.39. The Labute approximate surface area is 115 Å². The van der Waals surface area contributed by atoms with Crippen molar-refractivity contribution in [2.45, 2.75) is 32.6 Å². The molecule has 0 aromatic heterocycles. The van der Waals surface area contributed by atoms with E-state index in [2.05, 4.69) is 61.5 Å². The largest absolute Gasteiger partial charge is 0.0654 e. The molecular weight excluding hydrogens is 228 g/mol. The Hall–Kier alpha value is -1.82. The molecule has 3 rings (SSSR count). The van der Waals surface area contributed by atoms with Gasteiger partial charge in [0.15, 0.2) is 0 Å². The molecule has 1 aliphatic rings. The van der Waals surface area contributed by atoms with E-state index in [4.69, 9.17) is 0 Å². The highest BCUT2D eigenvalue weighted by molar-refractivity contribution is 5.87. The summed E-state index contributed by atoms with van der Waals surface area (Å²) < 4.78 is 0. The molecule has 0 amide bonds. The molecule has 0 heteroatoms. The molecule has 0 radical (unpaired) electrons. The summed E-state index contributed by atoms with van der Waals surface area (Å²) in [7, 11) is 0. The van der Waals surface area contributed by atoms with Crippen LogP contribution in [0.1, 0.15) is 42.9 Å². The van der Waals surface area contributed by atoms with E-state index in [0.29, 0.717) is 0 Å². The van der Waals surface area contributed by atoms with Crippen molar-refractivity contribution in [3.8, 4) is 0 Å². The lowest BCUT2D eigenvalue weighted by Gasteiger charge is -2.09. The number of unbranched alkanes of at least 4 members (excludes halogenated alkanes) is 1. The third kappa shape index (κ3) is 2.35. The molecule has 1 aliphatic carbocycles. The van der Waals surface area contributed by atoms with E-state index in [1.54, 1.807) is 5.57 Å². The highest BCUT2D eigenvalue weighted by Gasteiger charge is 2.21. The van der Waals surface area contributed by atoms with Crippen LogP contribution in [-0.2, 0) is 6.42 Å². The Bertz CT molecular complexity index is 590. The zero-order chi connectivity index (χ0) is 13.1. The van der Waals surface area contributed by atoms with Crippen molar-refractivity contribution in [1.82, 2.24) is 0 Å². The topological polar surface area (TPSA) is 0 Å². The van der Waals surface area contributed by atoms with Crippen LogP contribution in [0.5, 0.6) is 0 Å². The van der Waals surface area contributed by atoms with Crippen molar-refractivity contribution in [3.05, 3.63) is 76.9 Å². The van der Waals surface area contributed by atoms with Gasteiger partial charge in [0, 0.05) is 0 Å². The summed E-state index contributed by atoms with van der Waals surface area (Å²) in [6.45, 7) is 2.27. The number of fused-ring (bicyclic) bond motifs is 1. The average Bonchev–Trinajstić information content (AvgIpc) is 2.84. The number of hydrogen-bond donors (Lipinski definition) is 0. The van der Waals surface area contributed by atoms with Crippen LogP contribution in [0.25, 0.3) is 5.57 Å². The van der Waals surface area contributed by atoms with Crippen molar-refractivity contribution < 1.29 is 0 Å². The van der Waals surface area contributed by atoms with Crippen LogP contribution in [0.2, 0.25) is 0 Å². The molecule has 96 valence electrons. The maximum atomic E-state index is 2.28. The van der Waals surface area contributed by atoms with Gasteiger partial charge in [-0.3, -0.25) is 0 Å². The lowest BCUT2D eigenvalue weighted by Crippen LogP contribution is -1.89. The van der Waals surface area contributed by atoms with E-state index in [-0.39, 0.29) is 0 Å². The van der Waals surface area contributed by atoms with Crippen LogP contribution in [0.4, 0.5) is 0 Å². The normalized spacial score (nSPS) is 13.7. The first kappa shape index (κ1) is 12.2. The zero-order valence-corrected chi connectivity index (χ0v) is 11.5. The van der Waals surface area contributed by atoms with Crippen LogP contribution >= 0.6 is 0 Å². The quantitative estimate of drug-likeness (QED) is 0.694. The molecule has 0 aliphatic heterocycles. The van der Waals surface area contributed by atoms with Crippen molar-refractivity contribution in [2.24, 2.45) is 0 Å². The maximum Gasteiger partial charge on any atom is -0.00515 e. The second-order valence-electron chi connectivity index (χ2n) is 5.28. The minimum absolute atomic E-state index is 1.14. The number of allylic oxidation sites excluding steroid dienone is 1. The summed E-state index contributed by atoms with van der Waals surface area (Å²) in [4.78, 5) is 0. The van der Waals surface area contributed by atoms with Gasteiger partial charge in [0.2, 0.25) is 0 Å². The molecule has 0 saturated carbocycles. The third-order valence-electron chi connectivity index (χ3n) is 3.94. The first-order valence-corrected chi connectivity index (χ1v) is 7.26. The highest BCUT2D eigenvalue weighted by atomic mass is 14.2. The number of benzene rings is 2. The van der Waals surface area contributed by atoms with Crippen LogP contribution in [-0.4, -0.2) is 0 Å². The molecule has 2 aromatic rings. The zero-order valence-electron chi connectivity index (χ0n) is 11.5. The SMILES string of the molecule is CCCCC1=C(c2ccccc2)c2ccccc2C1. The second kappa shape index (κ2) is 5.44. The second-order valence-corrected chi connectivity index (χ2v) is 5.28. The first-order chi connectivity index (χ1) is 9.40. The average molecular weight is 248 g/mol. The van der Waals surface area contributed by atoms with Crippen molar-refractivity contribution >= 4 is 5.57 Å². The summed E-state index contributed by atoms with van der Waals surface area (Å²) in [6.07, 6.45) is 4.93. The van der Waals surface area contributed by atoms with Crippen molar-refractivity contribution in [3.63, 3.8) is 0 Å². The summed E-state index contributed by atoms with van der Waals surface area (Å²) in [6, 6.07) is 19.7. The predicted molar refractivity (Wildman–Crippen MR) is 82.1 cm³/mol. The molecule has 2 aromatic carbocycles. The van der Waals surface area contributed by atoms with Gasteiger partial charge < -0.3 is 0 Å². The van der Waals surface area contributed by atoms with Gasteiger partial charge in [-0.25, -0.2) is 0 Å². The van der Waals surface area contributed by atoms with E-state index < -0.39 is 0 Å². The van der Waals surface area contributed by atoms with E-state index in [1.807, 2.05) is 0 Å². The monoisotopic (exact) mass is 248 g/mol. The van der Waals surface area contributed by atoms with E-state index in [0.717, 1.165) is 6.42 Å². The van der Waals surface area contributed by atoms with Gasteiger partial charge in [0.1, 0.15) is 0 Å². The Morgan fingerprint density at radius 3 is 2.42 bits per heavy atom. The lowest BCUT2D eigenvalue weighted by molar-refractivity contribution is 0.778. The Kier molecular flexibility index (Phi) is 3.50. The molecule has 0 unspecified atom stereocenters. The Balaban J connectivity index is 2.07. The van der Waals surface area contributed by atoms with Crippen LogP contribution in [0, 0.1) is 0 Å². The Morgan fingerprint density at radius 2 is 1.63 bits per heavy atom. The Morgan fingerprint density at radius 1 is 0.895 bits per heavy atom. The smallest absolute Gasteiger partial charge is 0.00515 e. The molecule has 0 spiro atoms. The van der Waals surface area contributed by atoms with Gasteiger partial charge in [0.25, 0.3) is 0 Å². The van der Waals surface area contributed by atoms with E-state index in [1.165, 1.54) is 41.5 Å². The fourth-order valence-corrected chi connectivity index (χ4v) is 3.00. The van der Waals surface area contributed by atoms with E-state index >= 15 is 0 Å². The minimum Gasteiger partial charge on any atom is -0.0654 e. The molecule has 0 fully saturated rings. The molecule has 0 N–H and O–H groups in total. The fourth-order valence-electron chi connectivity index (χ4n) is 3.00. The predicted octanol–water partition coefficient (Wildman–Crippen LogP) is 5.23. The summed E-state index contributed by atoms with van der Waals surface area (Å²) >= 11 is 0. The molecule has 0 bridgehead atoms. The first-order valence-electron chi connectivity index (χ1n) is 7.26. The maximum absolute atomic E-state index is 2.28. The summed E-state index contributed by atoms with van der Waals surface area (Å²) in [5, 5.41) is 0. The van der Waals surface area contributed by atoms with Gasteiger partial charge in [-0.2, -0.15) is 0 Å². The van der Waals surface area contributed by atoms with Crippen molar-refractivity contribution in [2.75, 3.05) is 0 Å². The van der Waals surface area contributed by atoms with Crippen LogP contribution in [0.3, 0.4) is 0 Å². The van der Waals surface area contributed by atoms with Crippen LogP contribution in [0.15, 0.2) is 60.2 Å². The van der Waals surface area contributed by atoms with Gasteiger partial charge in [0.05, 0.1) is 0 Å². The third-order valence-corrected chi connectivity index (χ3v) is 3.94. The molecular formula is C19H20. The molecule has 0 atom stereocenters. The molecule has 0 heterocycles. The van der Waals surface area contributed by atoms with Gasteiger partial charge >= 0.3 is 0 Å². The van der Waals surface area contributed by atoms with Crippen LogP contribution < -0.4 is 0 Å². The molecule has 19 heavy (non-hydrogen) atoms. The van der Waals surface area contributed by atoms with Crippen molar-refractivity contribution in [1.29, 1.82) is 0 Å². The number of hydrogen-bond acceptors (Lipinski definition) is 0. The van der Waals surface area contributed by atoms with Gasteiger partial charge in [-0.05, 0) is 41.5 Å².